The Kier molecular flexibility index (Phi) is 5.78. The van der Waals surface area contributed by atoms with E-state index in [-0.39, 0.29) is 25.5 Å². The second-order valence-electron chi connectivity index (χ2n) is 7.15. The lowest BCUT2D eigenvalue weighted by Crippen LogP contribution is -2.28. The molecule has 6 nitrogen and oxygen atoms in total. The summed E-state index contributed by atoms with van der Waals surface area (Å²) < 4.78 is 5.14. The highest BCUT2D eigenvalue weighted by atomic mass is 16.5. The van der Waals surface area contributed by atoms with Crippen molar-refractivity contribution in [3.05, 3.63) is 59.2 Å². The van der Waals surface area contributed by atoms with Crippen LogP contribution in [0.15, 0.2) is 42.5 Å². The van der Waals surface area contributed by atoms with E-state index < -0.39 is 17.8 Å². The van der Waals surface area contributed by atoms with Gasteiger partial charge < -0.3 is 15.0 Å². The van der Waals surface area contributed by atoms with E-state index in [4.69, 9.17) is 4.74 Å². The van der Waals surface area contributed by atoms with E-state index in [0.29, 0.717) is 5.69 Å². The third kappa shape index (κ3) is 4.39. The predicted octanol–water partition coefficient (Wildman–Crippen LogP) is 3.15. The zero-order valence-corrected chi connectivity index (χ0v) is 16.3. The second kappa shape index (κ2) is 8.25. The molecule has 1 aliphatic heterocycles. The van der Waals surface area contributed by atoms with Crippen LogP contribution < -0.4 is 10.2 Å². The van der Waals surface area contributed by atoms with Crippen LogP contribution >= 0.6 is 0 Å². The molecule has 6 heteroatoms. The van der Waals surface area contributed by atoms with Gasteiger partial charge >= 0.3 is 5.97 Å². The summed E-state index contributed by atoms with van der Waals surface area (Å²) in [6, 6.07) is 13.1. The molecule has 2 aromatic carbocycles. The molecule has 28 heavy (non-hydrogen) atoms. The van der Waals surface area contributed by atoms with Crippen LogP contribution in [0.25, 0.3) is 0 Å². The van der Waals surface area contributed by atoms with Crippen LogP contribution in [0.2, 0.25) is 0 Å². The van der Waals surface area contributed by atoms with E-state index in [1.54, 1.807) is 17.0 Å². The van der Waals surface area contributed by atoms with Gasteiger partial charge in [-0.05, 0) is 50.1 Å². The first-order chi connectivity index (χ1) is 13.3. The minimum Gasteiger partial charge on any atom is -0.455 e. The molecule has 1 saturated heterocycles. The third-order valence-corrected chi connectivity index (χ3v) is 5.01. The Bertz CT molecular complexity index is 905. The molecular weight excluding hydrogens is 356 g/mol. The number of aryl methyl sites for hydroxylation is 2. The number of nitrogens with zero attached hydrogens (tertiary/aromatic N) is 1. The second-order valence-corrected chi connectivity index (χ2v) is 7.15. The molecule has 3 rings (SSSR count). The van der Waals surface area contributed by atoms with Gasteiger partial charge in [0.25, 0.3) is 5.91 Å². The molecule has 1 atom stereocenters. The Morgan fingerprint density at radius 1 is 1.11 bits per heavy atom. The summed E-state index contributed by atoms with van der Waals surface area (Å²) >= 11 is 0. The molecule has 0 saturated carbocycles. The fourth-order valence-corrected chi connectivity index (χ4v) is 3.21. The minimum atomic E-state index is -0.570. The summed E-state index contributed by atoms with van der Waals surface area (Å²) in [5.41, 5.74) is 4.65. The fraction of sp³-hybridized carbons (Fsp3) is 0.318. The number of carbonyl (C=O) groups excluding carboxylic acids is 3. The van der Waals surface area contributed by atoms with E-state index in [0.717, 1.165) is 22.4 Å². The monoisotopic (exact) mass is 380 g/mol. The van der Waals surface area contributed by atoms with Gasteiger partial charge in [0.15, 0.2) is 6.61 Å². The molecule has 146 valence electrons. The van der Waals surface area contributed by atoms with Gasteiger partial charge in [-0.1, -0.05) is 29.8 Å². The Morgan fingerprint density at radius 3 is 2.54 bits per heavy atom. The van der Waals surface area contributed by atoms with E-state index >= 15 is 0 Å². The molecule has 2 amide bonds. The van der Waals surface area contributed by atoms with Crippen molar-refractivity contribution in [1.82, 2.24) is 0 Å². The van der Waals surface area contributed by atoms with Crippen LogP contribution in [0.3, 0.4) is 0 Å². The van der Waals surface area contributed by atoms with Crippen LogP contribution in [0.4, 0.5) is 11.4 Å². The third-order valence-electron chi connectivity index (χ3n) is 5.01. The molecule has 2 aromatic rings. The number of anilines is 2. The average molecular weight is 380 g/mol. The highest BCUT2D eigenvalue weighted by molar-refractivity contribution is 6.00. The lowest BCUT2D eigenvalue weighted by atomic mass is 10.1. The fourth-order valence-electron chi connectivity index (χ4n) is 3.21. The van der Waals surface area contributed by atoms with Gasteiger partial charge in [-0.3, -0.25) is 14.4 Å². The predicted molar refractivity (Wildman–Crippen MR) is 107 cm³/mol. The quantitative estimate of drug-likeness (QED) is 0.809. The van der Waals surface area contributed by atoms with Crippen LogP contribution in [-0.2, 0) is 19.1 Å². The first kappa shape index (κ1) is 19.6. The number of esters is 1. The van der Waals surface area contributed by atoms with Crippen molar-refractivity contribution in [1.29, 1.82) is 0 Å². The molecule has 1 unspecified atom stereocenters. The Hall–Kier alpha value is -3.15. The summed E-state index contributed by atoms with van der Waals surface area (Å²) in [5.74, 6) is -1.62. The van der Waals surface area contributed by atoms with Gasteiger partial charge in [0.1, 0.15) is 0 Å². The summed E-state index contributed by atoms with van der Waals surface area (Å²) in [4.78, 5) is 38.3. The topological polar surface area (TPSA) is 75.7 Å². The zero-order chi connectivity index (χ0) is 20.3. The van der Waals surface area contributed by atoms with Crippen molar-refractivity contribution in [2.45, 2.75) is 27.2 Å². The number of carbonyl (C=O) groups is 3. The zero-order valence-electron chi connectivity index (χ0n) is 16.3. The molecule has 1 heterocycles. The standard InChI is InChI=1S/C22H24N2O4/c1-14-7-9-18(10-8-14)23-20(25)13-28-22(27)17-11-21(26)24(12-17)19-6-4-5-15(2)16(19)3/h4-10,17H,11-13H2,1-3H3,(H,23,25). The van der Waals surface area contributed by atoms with Crippen molar-refractivity contribution in [2.24, 2.45) is 5.92 Å². The van der Waals surface area contributed by atoms with Gasteiger partial charge in [0.2, 0.25) is 5.91 Å². The maximum absolute atomic E-state index is 12.4. The smallest absolute Gasteiger partial charge is 0.311 e. The number of hydrogen-bond acceptors (Lipinski definition) is 4. The van der Waals surface area contributed by atoms with E-state index in [2.05, 4.69) is 5.32 Å². The lowest BCUT2D eigenvalue weighted by molar-refractivity contribution is -0.151. The van der Waals surface area contributed by atoms with E-state index in [1.807, 2.05) is 51.1 Å². The molecule has 1 N–H and O–H groups in total. The molecular formula is C22H24N2O4. The summed E-state index contributed by atoms with van der Waals surface area (Å²) in [5, 5.41) is 2.68. The summed E-state index contributed by atoms with van der Waals surface area (Å²) in [6.07, 6.45) is 0.0891. The summed E-state index contributed by atoms with van der Waals surface area (Å²) in [7, 11) is 0. The van der Waals surface area contributed by atoms with E-state index in [1.165, 1.54) is 0 Å². The minimum absolute atomic E-state index is 0.0891. The van der Waals surface area contributed by atoms with Crippen LogP contribution in [0, 0.1) is 26.7 Å². The largest absolute Gasteiger partial charge is 0.455 e. The van der Waals surface area contributed by atoms with Crippen LogP contribution in [0.1, 0.15) is 23.1 Å². The number of nitrogens with one attached hydrogen (secondary N) is 1. The Labute approximate surface area is 164 Å². The van der Waals surface area contributed by atoms with Crippen molar-refractivity contribution in [2.75, 3.05) is 23.4 Å². The number of benzene rings is 2. The first-order valence-corrected chi connectivity index (χ1v) is 9.25. The Morgan fingerprint density at radius 2 is 1.82 bits per heavy atom. The maximum atomic E-state index is 12.4. The van der Waals surface area contributed by atoms with E-state index in [9.17, 15) is 14.4 Å². The highest BCUT2D eigenvalue weighted by Crippen LogP contribution is 2.29. The van der Waals surface area contributed by atoms with Gasteiger partial charge in [-0.15, -0.1) is 0 Å². The molecule has 1 fully saturated rings. The van der Waals surface area contributed by atoms with Crippen LogP contribution in [-0.4, -0.2) is 30.9 Å². The SMILES string of the molecule is Cc1ccc(NC(=O)COC(=O)C2CC(=O)N(c3cccc(C)c3C)C2)cc1. The van der Waals surface area contributed by atoms with Gasteiger partial charge in [0.05, 0.1) is 5.92 Å². The molecule has 0 aromatic heterocycles. The number of rotatable bonds is 5. The van der Waals surface area contributed by atoms with Crippen molar-refractivity contribution in [3.8, 4) is 0 Å². The number of hydrogen-bond donors (Lipinski definition) is 1. The molecule has 0 bridgehead atoms. The van der Waals surface area contributed by atoms with Crippen molar-refractivity contribution >= 4 is 29.2 Å². The van der Waals surface area contributed by atoms with Gasteiger partial charge in [0, 0.05) is 24.3 Å². The molecule has 0 spiro atoms. The summed E-state index contributed by atoms with van der Waals surface area (Å²) in [6.45, 7) is 5.79. The number of amides is 2. The Balaban J connectivity index is 1.55. The van der Waals surface area contributed by atoms with Crippen molar-refractivity contribution in [3.63, 3.8) is 0 Å². The maximum Gasteiger partial charge on any atom is 0.311 e. The first-order valence-electron chi connectivity index (χ1n) is 9.25. The highest BCUT2D eigenvalue weighted by Gasteiger charge is 2.37. The lowest BCUT2D eigenvalue weighted by Gasteiger charge is -2.20. The molecule has 0 radical (unpaired) electrons. The normalized spacial score (nSPS) is 16.2. The van der Waals surface area contributed by atoms with Crippen molar-refractivity contribution < 1.29 is 19.1 Å². The number of ether oxygens (including phenoxy) is 1. The molecule has 1 aliphatic rings. The van der Waals surface area contributed by atoms with Crippen LogP contribution in [0.5, 0.6) is 0 Å². The van der Waals surface area contributed by atoms with Gasteiger partial charge in [-0.2, -0.15) is 0 Å². The average Bonchev–Trinajstić information content (AvgIpc) is 3.05. The molecule has 0 aliphatic carbocycles. The van der Waals surface area contributed by atoms with Gasteiger partial charge in [-0.25, -0.2) is 0 Å².